The smallest absolute Gasteiger partial charge is 0.308 e. The molecule has 2 fully saturated rings. The summed E-state index contributed by atoms with van der Waals surface area (Å²) >= 11 is 0. The largest absolute Gasteiger partial charge is 0.427 e. The molecule has 2 heterocycles. The molecule has 2 aliphatic rings. The van der Waals surface area contributed by atoms with Crippen LogP contribution in [0.5, 0.6) is 5.75 Å². The molecule has 30 heavy (non-hydrogen) atoms. The quantitative estimate of drug-likeness (QED) is 0.582. The van der Waals surface area contributed by atoms with E-state index in [1.54, 1.807) is 23.1 Å². The average Bonchev–Trinajstić information content (AvgIpc) is 3.09. The van der Waals surface area contributed by atoms with Gasteiger partial charge in [0.05, 0.1) is 5.92 Å². The van der Waals surface area contributed by atoms with E-state index in [2.05, 4.69) is 5.32 Å². The van der Waals surface area contributed by atoms with Crippen molar-refractivity contribution in [2.75, 3.05) is 19.6 Å². The van der Waals surface area contributed by atoms with Crippen molar-refractivity contribution in [1.29, 1.82) is 0 Å². The summed E-state index contributed by atoms with van der Waals surface area (Å²) in [5.74, 6) is -0.535. The molecule has 1 aromatic carbocycles. The van der Waals surface area contributed by atoms with Crippen LogP contribution in [-0.2, 0) is 14.4 Å². The van der Waals surface area contributed by atoms with Gasteiger partial charge in [-0.15, -0.1) is 0 Å². The lowest BCUT2D eigenvalue weighted by Crippen LogP contribution is -2.48. The Morgan fingerprint density at radius 2 is 1.87 bits per heavy atom. The molecular weight excluding hydrogens is 386 g/mol. The van der Waals surface area contributed by atoms with Crippen molar-refractivity contribution in [3.63, 3.8) is 0 Å². The number of nitrogens with one attached hydrogen (secondary N) is 1. The van der Waals surface area contributed by atoms with Gasteiger partial charge in [0.1, 0.15) is 5.75 Å². The van der Waals surface area contributed by atoms with Gasteiger partial charge in [-0.2, -0.15) is 0 Å². The van der Waals surface area contributed by atoms with E-state index in [-0.39, 0.29) is 42.1 Å². The number of hydrogen-bond donors (Lipinski definition) is 1. The third kappa shape index (κ3) is 5.17. The summed E-state index contributed by atoms with van der Waals surface area (Å²) in [6, 6.07) is 6.56. The number of nitrogens with zero attached hydrogens (tertiary/aromatic N) is 2. The molecule has 1 N–H and O–H groups in total. The van der Waals surface area contributed by atoms with E-state index in [0.717, 1.165) is 0 Å². The molecule has 0 saturated carbocycles. The Balaban J connectivity index is 1.50. The maximum absolute atomic E-state index is 12.8. The Labute approximate surface area is 176 Å². The molecule has 3 amide bonds. The molecule has 0 aromatic heterocycles. The highest BCUT2D eigenvalue weighted by molar-refractivity contribution is 5.95. The Bertz CT molecular complexity index is 830. The van der Waals surface area contributed by atoms with E-state index in [1.807, 2.05) is 18.7 Å². The number of carbonyl (C=O) groups is 4. The van der Waals surface area contributed by atoms with Gasteiger partial charge in [-0.3, -0.25) is 19.2 Å². The first-order valence-corrected chi connectivity index (χ1v) is 10.4. The summed E-state index contributed by atoms with van der Waals surface area (Å²) in [7, 11) is 0. The number of likely N-dealkylation sites (tertiary alicyclic amines) is 2. The first kappa shape index (κ1) is 21.8. The van der Waals surface area contributed by atoms with Crippen molar-refractivity contribution in [3.05, 3.63) is 29.8 Å². The third-order valence-corrected chi connectivity index (χ3v) is 5.63. The molecule has 0 aliphatic carbocycles. The summed E-state index contributed by atoms with van der Waals surface area (Å²) in [5.41, 5.74) is 0.422. The summed E-state index contributed by atoms with van der Waals surface area (Å²) < 4.78 is 5.02. The second kappa shape index (κ2) is 9.28. The third-order valence-electron chi connectivity index (χ3n) is 5.63. The van der Waals surface area contributed by atoms with Crippen LogP contribution in [0.15, 0.2) is 24.3 Å². The summed E-state index contributed by atoms with van der Waals surface area (Å²) in [6.07, 6.45) is 1.61. The number of esters is 1. The summed E-state index contributed by atoms with van der Waals surface area (Å²) in [5, 5.41) is 2.99. The number of benzene rings is 1. The van der Waals surface area contributed by atoms with Gasteiger partial charge < -0.3 is 19.9 Å². The van der Waals surface area contributed by atoms with Gasteiger partial charge in [0, 0.05) is 50.6 Å². The zero-order valence-corrected chi connectivity index (χ0v) is 17.7. The molecule has 2 saturated heterocycles. The molecule has 8 heteroatoms. The minimum atomic E-state index is -0.440. The molecule has 1 aromatic rings. The fraction of sp³-hybridized carbons (Fsp3) is 0.545. The maximum Gasteiger partial charge on any atom is 0.308 e. The predicted molar refractivity (Wildman–Crippen MR) is 110 cm³/mol. The van der Waals surface area contributed by atoms with Gasteiger partial charge in [-0.1, -0.05) is 6.07 Å². The highest BCUT2D eigenvalue weighted by atomic mass is 16.5. The number of rotatable bonds is 5. The van der Waals surface area contributed by atoms with Crippen LogP contribution >= 0.6 is 0 Å². The fourth-order valence-corrected chi connectivity index (χ4v) is 4.03. The van der Waals surface area contributed by atoms with Gasteiger partial charge in [-0.05, 0) is 44.9 Å². The number of hydrogen-bond acceptors (Lipinski definition) is 5. The molecule has 0 radical (unpaired) electrons. The Morgan fingerprint density at radius 3 is 2.47 bits per heavy atom. The molecule has 0 spiro atoms. The lowest BCUT2D eigenvalue weighted by atomic mass is 10.0. The van der Waals surface area contributed by atoms with Crippen molar-refractivity contribution >= 4 is 23.7 Å². The van der Waals surface area contributed by atoms with Gasteiger partial charge >= 0.3 is 5.97 Å². The maximum atomic E-state index is 12.8. The highest BCUT2D eigenvalue weighted by Gasteiger charge is 2.38. The van der Waals surface area contributed by atoms with E-state index >= 15 is 0 Å². The Hall–Kier alpha value is -2.90. The standard InChI is InChI=1S/C22H29N3O5/c1-14(2)25-13-17(12-20(25)27)22(29)24-9-7-18(8-10-24)23-21(28)16-5-4-6-19(11-16)30-15(3)26/h4-6,11,14,17-18H,7-10,12-13H2,1-3H3,(H,23,28). The molecule has 3 rings (SSSR count). The SMILES string of the molecule is CC(=O)Oc1cccc(C(=O)NC2CCN(C(=O)C3CC(=O)N(C(C)C)C3)CC2)c1. The molecular formula is C22H29N3O5. The fourth-order valence-electron chi connectivity index (χ4n) is 4.03. The summed E-state index contributed by atoms with van der Waals surface area (Å²) in [4.78, 5) is 52.1. The van der Waals surface area contributed by atoms with E-state index < -0.39 is 5.97 Å². The average molecular weight is 415 g/mol. The van der Waals surface area contributed by atoms with E-state index in [9.17, 15) is 19.2 Å². The minimum absolute atomic E-state index is 0.0312. The number of piperidine rings is 1. The lowest BCUT2D eigenvalue weighted by Gasteiger charge is -2.34. The van der Waals surface area contributed by atoms with Crippen LogP contribution in [0, 0.1) is 5.92 Å². The van der Waals surface area contributed by atoms with Crippen molar-refractivity contribution < 1.29 is 23.9 Å². The van der Waals surface area contributed by atoms with Crippen LogP contribution in [0.3, 0.4) is 0 Å². The zero-order valence-electron chi connectivity index (χ0n) is 17.7. The van der Waals surface area contributed by atoms with Crippen LogP contribution in [0.1, 0.15) is 50.4 Å². The van der Waals surface area contributed by atoms with Crippen LogP contribution in [0.2, 0.25) is 0 Å². The number of ether oxygens (including phenoxy) is 1. The molecule has 0 bridgehead atoms. The second-order valence-corrected chi connectivity index (χ2v) is 8.24. The van der Waals surface area contributed by atoms with Crippen LogP contribution in [-0.4, -0.2) is 65.2 Å². The van der Waals surface area contributed by atoms with Crippen LogP contribution in [0.25, 0.3) is 0 Å². The molecule has 1 unspecified atom stereocenters. The first-order chi connectivity index (χ1) is 14.2. The monoisotopic (exact) mass is 415 g/mol. The number of carbonyl (C=O) groups excluding carboxylic acids is 4. The predicted octanol–water partition coefficient (Wildman–Crippen LogP) is 1.59. The molecule has 8 nitrogen and oxygen atoms in total. The molecule has 1 atom stereocenters. The topological polar surface area (TPSA) is 96.0 Å². The Kier molecular flexibility index (Phi) is 6.74. The van der Waals surface area contributed by atoms with Crippen molar-refractivity contribution in [2.24, 2.45) is 5.92 Å². The van der Waals surface area contributed by atoms with Gasteiger partial charge in [0.15, 0.2) is 0 Å². The minimum Gasteiger partial charge on any atom is -0.427 e. The van der Waals surface area contributed by atoms with Gasteiger partial charge in [0.25, 0.3) is 5.91 Å². The Morgan fingerprint density at radius 1 is 1.17 bits per heavy atom. The number of amides is 3. The van der Waals surface area contributed by atoms with Crippen molar-refractivity contribution in [2.45, 2.75) is 52.1 Å². The lowest BCUT2D eigenvalue weighted by molar-refractivity contribution is -0.137. The van der Waals surface area contributed by atoms with E-state index in [0.29, 0.717) is 43.8 Å². The van der Waals surface area contributed by atoms with Crippen molar-refractivity contribution in [3.8, 4) is 5.75 Å². The highest BCUT2D eigenvalue weighted by Crippen LogP contribution is 2.24. The van der Waals surface area contributed by atoms with Crippen LogP contribution < -0.4 is 10.1 Å². The zero-order chi connectivity index (χ0) is 21.8. The van der Waals surface area contributed by atoms with E-state index in [1.165, 1.54) is 13.0 Å². The summed E-state index contributed by atoms with van der Waals surface area (Å²) in [6.45, 7) is 6.84. The first-order valence-electron chi connectivity index (χ1n) is 10.4. The van der Waals surface area contributed by atoms with Gasteiger partial charge in [0.2, 0.25) is 11.8 Å². The van der Waals surface area contributed by atoms with Crippen molar-refractivity contribution in [1.82, 2.24) is 15.1 Å². The van der Waals surface area contributed by atoms with Crippen LogP contribution in [0.4, 0.5) is 0 Å². The second-order valence-electron chi connectivity index (χ2n) is 8.24. The normalized spacial score (nSPS) is 19.9. The van der Waals surface area contributed by atoms with E-state index in [4.69, 9.17) is 4.74 Å². The van der Waals surface area contributed by atoms with Gasteiger partial charge in [-0.25, -0.2) is 0 Å². The molecule has 162 valence electrons. The molecule has 2 aliphatic heterocycles.